The van der Waals surface area contributed by atoms with Gasteiger partial charge in [-0.25, -0.2) is 0 Å². The molecular formula is C11H18O3. The van der Waals surface area contributed by atoms with Crippen molar-refractivity contribution < 1.29 is 14.6 Å². The summed E-state index contributed by atoms with van der Waals surface area (Å²) in [4.78, 5) is 0. The second kappa shape index (κ2) is 5.29. The van der Waals surface area contributed by atoms with Gasteiger partial charge < -0.3 is 14.6 Å². The average Bonchev–Trinajstić information content (AvgIpc) is 2.26. The Balaban J connectivity index is 2.65. The minimum absolute atomic E-state index is 0.380. The van der Waals surface area contributed by atoms with E-state index in [-0.39, 0.29) is 0 Å². The van der Waals surface area contributed by atoms with Crippen LogP contribution in [0.5, 0.6) is 0 Å². The maximum Gasteiger partial charge on any atom is 0.198 e. The summed E-state index contributed by atoms with van der Waals surface area (Å²) in [5, 5.41) is 9.76. The van der Waals surface area contributed by atoms with E-state index in [4.69, 9.17) is 9.47 Å². The van der Waals surface area contributed by atoms with Crippen LogP contribution in [0.3, 0.4) is 0 Å². The maximum atomic E-state index is 9.76. The van der Waals surface area contributed by atoms with Gasteiger partial charge in [0.15, 0.2) is 5.79 Å². The Bertz CT molecular complexity index is 195. The number of aliphatic hydroxyl groups is 1. The molecule has 0 radical (unpaired) electrons. The van der Waals surface area contributed by atoms with Crippen molar-refractivity contribution in [1.82, 2.24) is 0 Å². The molecular weight excluding hydrogens is 180 g/mol. The first-order valence-corrected chi connectivity index (χ1v) is 4.94. The molecule has 80 valence electrons. The quantitative estimate of drug-likeness (QED) is 0.682. The molecule has 3 heteroatoms. The van der Waals surface area contributed by atoms with Gasteiger partial charge in [0.05, 0.1) is 13.2 Å². The molecule has 0 amide bonds. The van der Waals surface area contributed by atoms with Crippen molar-refractivity contribution in [3.8, 4) is 0 Å². The van der Waals surface area contributed by atoms with Crippen LogP contribution in [-0.2, 0) is 9.47 Å². The molecule has 1 heterocycles. The first-order chi connectivity index (χ1) is 6.75. The molecule has 1 unspecified atom stereocenters. The van der Waals surface area contributed by atoms with Gasteiger partial charge in [-0.05, 0) is 12.8 Å². The Hall–Kier alpha value is -0.640. The second-order valence-electron chi connectivity index (χ2n) is 3.40. The monoisotopic (exact) mass is 198 g/mol. The van der Waals surface area contributed by atoms with Gasteiger partial charge in [0.1, 0.15) is 6.10 Å². The van der Waals surface area contributed by atoms with E-state index in [9.17, 15) is 5.11 Å². The van der Waals surface area contributed by atoms with Crippen LogP contribution in [0.25, 0.3) is 0 Å². The predicted octanol–water partition coefficient (Wildman–Crippen LogP) is 1.63. The molecule has 0 bridgehead atoms. The second-order valence-corrected chi connectivity index (χ2v) is 3.40. The van der Waals surface area contributed by atoms with Crippen molar-refractivity contribution in [2.75, 3.05) is 13.2 Å². The fourth-order valence-electron chi connectivity index (χ4n) is 1.60. The number of hydrogen-bond donors (Lipinski definition) is 1. The van der Waals surface area contributed by atoms with Crippen LogP contribution in [0.1, 0.15) is 19.3 Å². The Morgan fingerprint density at radius 3 is 2.79 bits per heavy atom. The highest BCUT2D eigenvalue weighted by molar-refractivity contribution is 4.93. The van der Waals surface area contributed by atoms with E-state index in [1.165, 1.54) is 6.08 Å². The third-order valence-electron chi connectivity index (χ3n) is 2.39. The molecule has 2 atom stereocenters. The van der Waals surface area contributed by atoms with Gasteiger partial charge in [0, 0.05) is 6.42 Å². The number of rotatable bonds is 5. The van der Waals surface area contributed by atoms with Gasteiger partial charge in [-0.15, -0.1) is 13.2 Å². The average molecular weight is 198 g/mol. The molecule has 0 aromatic rings. The summed E-state index contributed by atoms with van der Waals surface area (Å²) in [5.41, 5.74) is 0. The molecule has 0 aliphatic carbocycles. The van der Waals surface area contributed by atoms with Gasteiger partial charge in [-0.1, -0.05) is 12.2 Å². The summed E-state index contributed by atoms with van der Waals surface area (Å²) < 4.78 is 11.0. The SMILES string of the molecule is C=CCOC1([C@H](O)C=C)CCCCO1. The fourth-order valence-corrected chi connectivity index (χ4v) is 1.60. The van der Waals surface area contributed by atoms with Crippen molar-refractivity contribution in [2.45, 2.75) is 31.2 Å². The maximum absolute atomic E-state index is 9.76. The molecule has 14 heavy (non-hydrogen) atoms. The van der Waals surface area contributed by atoms with Crippen molar-refractivity contribution in [1.29, 1.82) is 0 Å². The van der Waals surface area contributed by atoms with Gasteiger partial charge in [0.25, 0.3) is 0 Å². The molecule has 1 rings (SSSR count). The van der Waals surface area contributed by atoms with Crippen molar-refractivity contribution >= 4 is 0 Å². The fraction of sp³-hybridized carbons (Fsp3) is 0.636. The molecule has 0 aromatic carbocycles. The van der Waals surface area contributed by atoms with Crippen LogP contribution in [0.4, 0.5) is 0 Å². The highest BCUT2D eigenvalue weighted by Crippen LogP contribution is 2.30. The van der Waals surface area contributed by atoms with E-state index in [0.29, 0.717) is 19.6 Å². The van der Waals surface area contributed by atoms with Gasteiger partial charge in [-0.3, -0.25) is 0 Å². The Morgan fingerprint density at radius 1 is 1.50 bits per heavy atom. The zero-order chi connectivity index (χ0) is 10.4. The van der Waals surface area contributed by atoms with Crippen LogP contribution in [0.15, 0.2) is 25.3 Å². The third kappa shape index (κ3) is 2.44. The highest BCUT2D eigenvalue weighted by atomic mass is 16.7. The molecule has 0 spiro atoms. The van der Waals surface area contributed by atoms with Crippen LogP contribution >= 0.6 is 0 Å². The lowest BCUT2D eigenvalue weighted by Gasteiger charge is -2.39. The Labute approximate surface area is 85.0 Å². The van der Waals surface area contributed by atoms with E-state index in [1.54, 1.807) is 6.08 Å². The predicted molar refractivity (Wildman–Crippen MR) is 54.9 cm³/mol. The van der Waals surface area contributed by atoms with E-state index in [0.717, 1.165) is 12.8 Å². The summed E-state index contributed by atoms with van der Waals surface area (Å²) in [7, 11) is 0. The Kier molecular flexibility index (Phi) is 4.32. The van der Waals surface area contributed by atoms with Crippen LogP contribution in [-0.4, -0.2) is 30.2 Å². The standard InChI is InChI=1S/C11H18O3/c1-3-8-13-11(10(12)4-2)7-5-6-9-14-11/h3-4,10,12H,1-2,5-9H2/t10-,11?/m1/s1. The lowest BCUT2D eigenvalue weighted by atomic mass is 10.00. The van der Waals surface area contributed by atoms with Gasteiger partial charge in [-0.2, -0.15) is 0 Å². The van der Waals surface area contributed by atoms with E-state index >= 15 is 0 Å². The molecule has 1 aliphatic rings. The summed E-state index contributed by atoms with van der Waals surface area (Å²) >= 11 is 0. The van der Waals surface area contributed by atoms with Crippen molar-refractivity contribution in [3.63, 3.8) is 0 Å². The first kappa shape index (κ1) is 11.4. The molecule has 0 aromatic heterocycles. The molecule has 1 saturated heterocycles. The van der Waals surface area contributed by atoms with Crippen molar-refractivity contribution in [2.24, 2.45) is 0 Å². The van der Waals surface area contributed by atoms with Crippen LogP contribution in [0.2, 0.25) is 0 Å². The van der Waals surface area contributed by atoms with Gasteiger partial charge in [0.2, 0.25) is 0 Å². The first-order valence-electron chi connectivity index (χ1n) is 4.94. The molecule has 1 fully saturated rings. The minimum atomic E-state index is -0.895. The smallest absolute Gasteiger partial charge is 0.198 e. The highest BCUT2D eigenvalue weighted by Gasteiger charge is 2.39. The van der Waals surface area contributed by atoms with Crippen LogP contribution in [0, 0.1) is 0 Å². The zero-order valence-electron chi connectivity index (χ0n) is 8.45. The minimum Gasteiger partial charge on any atom is -0.383 e. The van der Waals surface area contributed by atoms with E-state index < -0.39 is 11.9 Å². The third-order valence-corrected chi connectivity index (χ3v) is 2.39. The summed E-state index contributed by atoms with van der Waals surface area (Å²) in [6.07, 6.45) is 5.05. The number of ether oxygens (including phenoxy) is 2. The normalized spacial score (nSPS) is 29.5. The van der Waals surface area contributed by atoms with Gasteiger partial charge >= 0.3 is 0 Å². The van der Waals surface area contributed by atoms with E-state index in [1.807, 2.05) is 0 Å². The molecule has 0 saturated carbocycles. The number of hydrogen-bond acceptors (Lipinski definition) is 3. The molecule has 1 N–H and O–H groups in total. The summed E-state index contributed by atoms with van der Waals surface area (Å²) in [6, 6.07) is 0. The van der Waals surface area contributed by atoms with Crippen LogP contribution < -0.4 is 0 Å². The lowest BCUT2D eigenvalue weighted by molar-refractivity contribution is -0.284. The van der Waals surface area contributed by atoms with E-state index in [2.05, 4.69) is 13.2 Å². The lowest BCUT2D eigenvalue weighted by Crippen LogP contribution is -2.48. The van der Waals surface area contributed by atoms with Crippen molar-refractivity contribution in [3.05, 3.63) is 25.3 Å². The summed E-state index contributed by atoms with van der Waals surface area (Å²) in [5.74, 6) is -0.895. The Morgan fingerprint density at radius 2 is 2.29 bits per heavy atom. The largest absolute Gasteiger partial charge is 0.383 e. The number of aliphatic hydroxyl groups excluding tert-OH is 1. The summed E-state index contributed by atoms with van der Waals surface area (Å²) in [6.45, 7) is 8.13. The molecule has 1 aliphatic heterocycles. The zero-order valence-corrected chi connectivity index (χ0v) is 8.45. The topological polar surface area (TPSA) is 38.7 Å². The molecule has 3 nitrogen and oxygen atoms in total.